The van der Waals surface area contributed by atoms with Gasteiger partial charge in [-0.25, -0.2) is 4.79 Å². The minimum Gasteiger partial charge on any atom is -0.463 e. The number of aromatic nitrogens is 1. The summed E-state index contributed by atoms with van der Waals surface area (Å²) in [6, 6.07) is 3.63. The molecular weight excluding hydrogens is 340 g/mol. The zero-order chi connectivity index (χ0) is 18.1. The summed E-state index contributed by atoms with van der Waals surface area (Å²) in [5.74, 6) is -1.48. The van der Waals surface area contributed by atoms with Crippen molar-refractivity contribution >= 4 is 33.9 Å². The van der Waals surface area contributed by atoms with Crippen molar-refractivity contribution in [3.63, 3.8) is 0 Å². The highest BCUT2D eigenvalue weighted by Crippen LogP contribution is 2.49. The van der Waals surface area contributed by atoms with E-state index in [1.54, 1.807) is 26.2 Å². The summed E-state index contributed by atoms with van der Waals surface area (Å²) >= 11 is 1.19. The Morgan fingerprint density at radius 2 is 2.04 bits per heavy atom. The van der Waals surface area contributed by atoms with Gasteiger partial charge in [0.2, 0.25) is 0 Å². The van der Waals surface area contributed by atoms with E-state index in [4.69, 9.17) is 16.2 Å². The van der Waals surface area contributed by atoms with E-state index in [1.165, 1.54) is 11.3 Å². The Morgan fingerprint density at radius 3 is 2.64 bits per heavy atom. The van der Waals surface area contributed by atoms with Gasteiger partial charge < -0.3 is 21.5 Å². The molecule has 3 rings (SSSR count). The number of amides is 1. The molecule has 1 aliphatic rings. The molecule has 0 saturated carbocycles. The van der Waals surface area contributed by atoms with E-state index in [1.807, 2.05) is 12.1 Å². The predicted molar refractivity (Wildman–Crippen MR) is 96.3 cm³/mol. The van der Waals surface area contributed by atoms with Crippen molar-refractivity contribution < 1.29 is 14.3 Å². The summed E-state index contributed by atoms with van der Waals surface area (Å²) in [6.45, 7) is 3.81. The standard InChI is InChI=1S/C17H18N4O3S/c1-3-24-17(23)10-8(2)21-16-12(13(18)14(25-16)15(19)22)11(10)9-4-6-20-7-5-9/h4-7,11,21H,3,18H2,1-2H3,(H2,19,22)/t11-/m0/s1. The summed E-state index contributed by atoms with van der Waals surface area (Å²) in [5, 5.41) is 3.87. The maximum atomic E-state index is 12.6. The molecule has 1 aliphatic heterocycles. The minimum absolute atomic E-state index is 0.261. The molecule has 0 unspecified atom stereocenters. The Balaban J connectivity index is 2.24. The lowest BCUT2D eigenvalue weighted by atomic mass is 9.82. The lowest BCUT2D eigenvalue weighted by Gasteiger charge is -2.28. The first-order chi connectivity index (χ1) is 12.0. The smallest absolute Gasteiger partial charge is 0.336 e. The number of carbonyl (C=O) groups is 2. The second-order valence-electron chi connectivity index (χ2n) is 5.55. The molecule has 0 bridgehead atoms. The van der Waals surface area contributed by atoms with Crippen molar-refractivity contribution in [1.82, 2.24) is 4.98 Å². The maximum absolute atomic E-state index is 12.6. The van der Waals surface area contributed by atoms with E-state index >= 15 is 0 Å². The molecule has 3 heterocycles. The Bertz CT molecular complexity index is 874. The summed E-state index contributed by atoms with van der Waals surface area (Å²) < 4.78 is 5.23. The topological polar surface area (TPSA) is 120 Å². The molecule has 8 heteroatoms. The molecule has 1 atom stereocenters. The number of primary amides is 1. The first-order valence-electron chi connectivity index (χ1n) is 7.72. The number of ether oxygens (including phenoxy) is 1. The highest BCUT2D eigenvalue weighted by Gasteiger charge is 2.37. The van der Waals surface area contributed by atoms with Crippen LogP contribution in [0.5, 0.6) is 0 Å². The molecule has 2 aromatic rings. The largest absolute Gasteiger partial charge is 0.463 e. The van der Waals surface area contributed by atoms with Crippen molar-refractivity contribution in [3.05, 3.63) is 51.8 Å². The number of hydrogen-bond donors (Lipinski definition) is 3. The molecule has 0 aromatic carbocycles. The first kappa shape index (κ1) is 17.0. The van der Waals surface area contributed by atoms with E-state index in [-0.39, 0.29) is 17.2 Å². The Kier molecular flexibility index (Phi) is 4.45. The van der Waals surface area contributed by atoms with Gasteiger partial charge in [-0.05, 0) is 31.5 Å². The van der Waals surface area contributed by atoms with Gasteiger partial charge in [0.15, 0.2) is 0 Å². The van der Waals surface area contributed by atoms with Crippen LogP contribution in [0, 0.1) is 0 Å². The second-order valence-corrected chi connectivity index (χ2v) is 6.57. The number of nitrogens with two attached hydrogens (primary N) is 2. The van der Waals surface area contributed by atoms with Gasteiger partial charge in [0.25, 0.3) is 5.91 Å². The summed E-state index contributed by atoms with van der Waals surface area (Å²) in [4.78, 5) is 28.6. The van der Waals surface area contributed by atoms with Crippen molar-refractivity contribution in [3.8, 4) is 0 Å². The van der Waals surface area contributed by atoms with Crippen LogP contribution in [0.2, 0.25) is 0 Å². The second kappa shape index (κ2) is 6.56. The molecule has 25 heavy (non-hydrogen) atoms. The normalized spacial score (nSPS) is 16.2. The van der Waals surface area contributed by atoms with Gasteiger partial charge in [-0.3, -0.25) is 9.78 Å². The fourth-order valence-corrected chi connectivity index (χ4v) is 4.05. The number of hydrogen-bond acceptors (Lipinski definition) is 7. The van der Waals surface area contributed by atoms with Crippen molar-refractivity contribution in [2.24, 2.45) is 5.73 Å². The molecule has 0 saturated heterocycles. The highest BCUT2D eigenvalue weighted by molar-refractivity contribution is 7.18. The van der Waals surface area contributed by atoms with Crippen molar-refractivity contribution in [2.75, 3.05) is 17.7 Å². The average molecular weight is 358 g/mol. The molecule has 0 radical (unpaired) electrons. The third-order valence-corrected chi connectivity index (χ3v) is 5.18. The van der Waals surface area contributed by atoms with Gasteiger partial charge in [0.05, 0.1) is 22.9 Å². The fraction of sp³-hybridized carbons (Fsp3) is 0.235. The van der Waals surface area contributed by atoms with E-state index < -0.39 is 17.8 Å². The molecule has 2 aromatic heterocycles. The monoisotopic (exact) mass is 358 g/mol. The number of nitrogens with one attached hydrogen (secondary N) is 1. The summed E-state index contributed by atoms with van der Waals surface area (Å²) in [5.41, 5.74) is 14.6. The van der Waals surface area contributed by atoms with Crippen molar-refractivity contribution in [1.29, 1.82) is 0 Å². The summed E-state index contributed by atoms with van der Waals surface area (Å²) in [6.07, 6.45) is 3.29. The van der Waals surface area contributed by atoms with Crippen LogP contribution in [0.3, 0.4) is 0 Å². The van der Waals surface area contributed by atoms with Crippen LogP contribution >= 0.6 is 11.3 Å². The fourth-order valence-electron chi connectivity index (χ4n) is 2.99. The molecule has 1 amide bonds. The van der Waals surface area contributed by atoms with Crippen LogP contribution in [0.25, 0.3) is 0 Å². The van der Waals surface area contributed by atoms with Crippen LogP contribution < -0.4 is 16.8 Å². The van der Waals surface area contributed by atoms with Gasteiger partial charge >= 0.3 is 5.97 Å². The number of allylic oxidation sites excluding steroid dienone is 1. The van der Waals surface area contributed by atoms with Gasteiger partial charge in [-0.1, -0.05) is 0 Å². The Hall–Kier alpha value is -2.87. The number of fused-ring (bicyclic) bond motifs is 1. The number of pyridine rings is 1. The number of nitrogen functional groups attached to an aromatic ring is 1. The van der Waals surface area contributed by atoms with E-state index in [2.05, 4.69) is 10.3 Å². The molecule has 7 nitrogen and oxygen atoms in total. The number of nitrogens with zero attached hydrogens (tertiary/aromatic N) is 1. The maximum Gasteiger partial charge on any atom is 0.336 e. The zero-order valence-corrected chi connectivity index (χ0v) is 14.6. The van der Waals surface area contributed by atoms with Gasteiger partial charge in [-0.2, -0.15) is 0 Å². The number of thiophene rings is 1. The predicted octanol–water partition coefficient (Wildman–Crippen LogP) is 2.22. The van der Waals surface area contributed by atoms with Gasteiger partial charge in [0, 0.05) is 29.6 Å². The van der Waals surface area contributed by atoms with Crippen LogP contribution in [-0.2, 0) is 9.53 Å². The third-order valence-electron chi connectivity index (χ3n) is 4.02. The quantitative estimate of drug-likeness (QED) is 0.721. The van der Waals surface area contributed by atoms with Crippen LogP contribution in [-0.4, -0.2) is 23.5 Å². The molecule has 5 N–H and O–H groups in total. The van der Waals surface area contributed by atoms with Crippen molar-refractivity contribution in [2.45, 2.75) is 19.8 Å². The van der Waals surface area contributed by atoms with E-state index in [0.29, 0.717) is 21.8 Å². The van der Waals surface area contributed by atoms with Gasteiger partial charge in [-0.15, -0.1) is 11.3 Å². The average Bonchev–Trinajstić information content (AvgIpc) is 2.91. The Labute approximate surface area is 148 Å². The third kappa shape index (κ3) is 2.85. The number of carbonyl (C=O) groups excluding carboxylic acids is 2. The number of rotatable bonds is 4. The lowest BCUT2D eigenvalue weighted by Crippen LogP contribution is -2.24. The highest BCUT2D eigenvalue weighted by atomic mass is 32.1. The molecule has 0 fully saturated rings. The lowest BCUT2D eigenvalue weighted by molar-refractivity contribution is -0.138. The first-order valence-corrected chi connectivity index (χ1v) is 8.54. The molecular formula is C17H18N4O3S. The number of esters is 1. The molecule has 0 aliphatic carbocycles. The SMILES string of the molecule is CCOC(=O)C1=C(C)Nc2sc(C(N)=O)c(N)c2[C@H]1c1ccncc1. The Morgan fingerprint density at radius 1 is 1.36 bits per heavy atom. The number of anilines is 2. The van der Waals surface area contributed by atoms with E-state index in [9.17, 15) is 9.59 Å². The van der Waals surface area contributed by atoms with Crippen LogP contribution in [0.4, 0.5) is 10.7 Å². The summed E-state index contributed by atoms with van der Waals surface area (Å²) in [7, 11) is 0. The van der Waals surface area contributed by atoms with E-state index in [0.717, 1.165) is 5.56 Å². The minimum atomic E-state index is -0.595. The molecule has 130 valence electrons. The van der Waals surface area contributed by atoms with Crippen LogP contribution in [0.1, 0.15) is 40.6 Å². The van der Waals surface area contributed by atoms with Gasteiger partial charge in [0.1, 0.15) is 4.88 Å². The molecule has 0 spiro atoms. The van der Waals surface area contributed by atoms with Crippen LogP contribution in [0.15, 0.2) is 35.8 Å². The zero-order valence-electron chi connectivity index (χ0n) is 13.8.